The molecular weight excluding hydrogens is 192 g/mol. The Hall–Kier alpha value is -1.00. The predicted molar refractivity (Wildman–Crippen MR) is 55.2 cm³/mol. The largest absolute Gasteiger partial charge is 0.393 e. The Morgan fingerprint density at radius 2 is 2.00 bits per heavy atom. The third-order valence-electron chi connectivity index (χ3n) is 2.96. The molecule has 2 rings (SSSR count). The summed E-state index contributed by atoms with van der Waals surface area (Å²) in [4.78, 5) is 8.53. The van der Waals surface area contributed by atoms with E-state index in [4.69, 9.17) is 5.11 Å². The van der Waals surface area contributed by atoms with Gasteiger partial charge in [0.05, 0.1) is 18.4 Å². The fourth-order valence-corrected chi connectivity index (χ4v) is 2.03. The lowest BCUT2D eigenvalue weighted by molar-refractivity contribution is 0.121. The van der Waals surface area contributed by atoms with E-state index in [1.165, 1.54) is 0 Å². The Labute approximate surface area is 89.0 Å². The lowest BCUT2D eigenvalue weighted by atomic mass is 9.87. The highest BCUT2D eigenvalue weighted by molar-refractivity contribution is 5.05. The van der Waals surface area contributed by atoms with Crippen LogP contribution in [-0.2, 0) is 6.61 Å². The van der Waals surface area contributed by atoms with Gasteiger partial charge in [-0.25, -0.2) is 9.97 Å². The van der Waals surface area contributed by atoms with E-state index in [1.807, 2.05) is 0 Å². The Morgan fingerprint density at radius 1 is 1.27 bits per heavy atom. The van der Waals surface area contributed by atoms with Crippen LogP contribution in [0.2, 0.25) is 0 Å². The van der Waals surface area contributed by atoms with Crippen LogP contribution >= 0.6 is 0 Å². The third kappa shape index (κ3) is 2.52. The lowest BCUT2D eigenvalue weighted by Gasteiger charge is -2.24. The molecule has 4 nitrogen and oxygen atoms in total. The van der Waals surface area contributed by atoms with Crippen molar-refractivity contribution in [1.82, 2.24) is 9.97 Å². The zero-order chi connectivity index (χ0) is 10.7. The van der Waals surface area contributed by atoms with E-state index >= 15 is 0 Å². The van der Waals surface area contributed by atoms with Gasteiger partial charge in [-0.3, -0.25) is 0 Å². The molecule has 0 radical (unpaired) electrons. The zero-order valence-corrected chi connectivity index (χ0v) is 8.63. The standard InChI is InChI=1S/C11H16N2O2/c14-7-9-5-6-12-11(13-9)8-1-3-10(15)4-2-8/h5-6,8,10,14-15H,1-4,7H2/t8-,10-. The van der Waals surface area contributed by atoms with Crippen LogP contribution in [0.15, 0.2) is 12.3 Å². The van der Waals surface area contributed by atoms with Crippen LogP contribution in [0.4, 0.5) is 0 Å². The second kappa shape index (κ2) is 4.68. The van der Waals surface area contributed by atoms with Crippen molar-refractivity contribution in [3.05, 3.63) is 23.8 Å². The molecule has 0 atom stereocenters. The summed E-state index contributed by atoms with van der Waals surface area (Å²) in [5.74, 6) is 1.16. The maximum atomic E-state index is 9.39. The van der Waals surface area contributed by atoms with Crippen molar-refractivity contribution < 1.29 is 10.2 Å². The molecule has 1 fully saturated rings. The first-order chi connectivity index (χ1) is 7.29. The van der Waals surface area contributed by atoms with Gasteiger partial charge in [0, 0.05) is 12.1 Å². The van der Waals surface area contributed by atoms with Crippen molar-refractivity contribution in [2.24, 2.45) is 0 Å². The summed E-state index contributed by atoms with van der Waals surface area (Å²) in [5, 5.41) is 18.4. The number of hydrogen-bond acceptors (Lipinski definition) is 4. The van der Waals surface area contributed by atoms with Gasteiger partial charge in [-0.05, 0) is 31.7 Å². The molecule has 0 aromatic carbocycles. The van der Waals surface area contributed by atoms with E-state index in [0.717, 1.165) is 31.5 Å². The summed E-state index contributed by atoms with van der Waals surface area (Å²) in [7, 11) is 0. The molecule has 1 aliphatic carbocycles. The SMILES string of the molecule is OCc1ccnc([C@H]2CC[C@H](O)CC2)n1. The van der Waals surface area contributed by atoms with E-state index in [1.54, 1.807) is 12.3 Å². The van der Waals surface area contributed by atoms with Gasteiger partial charge in [-0.15, -0.1) is 0 Å². The second-order valence-corrected chi connectivity index (χ2v) is 4.07. The maximum Gasteiger partial charge on any atom is 0.131 e. The number of aliphatic hydroxyl groups excluding tert-OH is 2. The van der Waals surface area contributed by atoms with Crippen molar-refractivity contribution >= 4 is 0 Å². The van der Waals surface area contributed by atoms with E-state index in [2.05, 4.69) is 9.97 Å². The maximum absolute atomic E-state index is 9.39. The number of nitrogens with zero attached hydrogens (tertiary/aromatic N) is 2. The molecule has 0 unspecified atom stereocenters. The topological polar surface area (TPSA) is 66.2 Å². The van der Waals surface area contributed by atoms with E-state index in [0.29, 0.717) is 11.6 Å². The summed E-state index contributed by atoms with van der Waals surface area (Å²) >= 11 is 0. The predicted octanol–water partition coefficient (Wildman–Crippen LogP) is 0.987. The van der Waals surface area contributed by atoms with Crippen LogP contribution in [0.5, 0.6) is 0 Å². The minimum Gasteiger partial charge on any atom is -0.393 e. The monoisotopic (exact) mass is 208 g/mol. The number of aromatic nitrogens is 2. The summed E-state index contributed by atoms with van der Waals surface area (Å²) in [5.41, 5.74) is 0.672. The molecule has 15 heavy (non-hydrogen) atoms. The number of rotatable bonds is 2. The van der Waals surface area contributed by atoms with Gasteiger partial charge in [0.2, 0.25) is 0 Å². The number of aliphatic hydroxyl groups is 2. The van der Waals surface area contributed by atoms with Crippen LogP contribution in [0.25, 0.3) is 0 Å². The van der Waals surface area contributed by atoms with Crippen molar-refractivity contribution in [3.8, 4) is 0 Å². The van der Waals surface area contributed by atoms with E-state index < -0.39 is 0 Å². The fraction of sp³-hybridized carbons (Fsp3) is 0.636. The average Bonchev–Trinajstić information content (AvgIpc) is 2.30. The Morgan fingerprint density at radius 3 is 2.67 bits per heavy atom. The zero-order valence-electron chi connectivity index (χ0n) is 8.63. The molecule has 1 aromatic rings. The van der Waals surface area contributed by atoms with Gasteiger partial charge in [0.1, 0.15) is 5.82 Å². The molecule has 82 valence electrons. The van der Waals surface area contributed by atoms with Gasteiger partial charge >= 0.3 is 0 Å². The molecular formula is C11H16N2O2. The molecule has 1 saturated carbocycles. The van der Waals surface area contributed by atoms with Crippen LogP contribution in [-0.4, -0.2) is 26.3 Å². The summed E-state index contributed by atoms with van der Waals surface area (Å²) in [6.07, 6.45) is 5.09. The van der Waals surface area contributed by atoms with Gasteiger partial charge in [0.15, 0.2) is 0 Å². The van der Waals surface area contributed by atoms with Crippen LogP contribution in [0.3, 0.4) is 0 Å². The smallest absolute Gasteiger partial charge is 0.131 e. The minimum absolute atomic E-state index is 0.0368. The first-order valence-electron chi connectivity index (χ1n) is 5.40. The highest BCUT2D eigenvalue weighted by Crippen LogP contribution is 2.30. The van der Waals surface area contributed by atoms with Crippen LogP contribution in [0.1, 0.15) is 43.1 Å². The molecule has 0 spiro atoms. The van der Waals surface area contributed by atoms with Gasteiger partial charge < -0.3 is 10.2 Å². The first-order valence-corrected chi connectivity index (χ1v) is 5.40. The van der Waals surface area contributed by atoms with Gasteiger partial charge in [-0.1, -0.05) is 0 Å². The number of hydrogen-bond donors (Lipinski definition) is 2. The fourth-order valence-electron chi connectivity index (χ4n) is 2.03. The average molecular weight is 208 g/mol. The van der Waals surface area contributed by atoms with E-state index in [9.17, 15) is 5.11 Å². The molecule has 1 aromatic heterocycles. The summed E-state index contributed by atoms with van der Waals surface area (Å²) < 4.78 is 0. The highest BCUT2D eigenvalue weighted by atomic mass is 16.3. The summed E-state index contributed by atoms with van der Waals surface area (Å²) in [6, 6.07) is 1.72. The first kappa shape index (κ1) is 10.5. The molecule has 0 saturated heterocycles. The normalized spacial score (nSPS) is 26.5. The van der Waals surface area contributed by atoms with Crippen molar-refractivity contribution in [2.75, 3.05) is 0 Å². The van der Waals surface area contributed by atoms with Crippen molar-refractivity contribution in [1.29, 1.82) is 0 Å². The molecule has 2 N–H and O–H groups in total. The van der Waals surface area contributed by atoms with Crippen molar-refractivity contribution in [2.45, 2.75) is 44.3 Å². The molecule has 0 bridgehead atoms. The highest BCUT2D eigenvalue weighted by Gasteiger charge is 2.22. The quantitative estimate of drug-likeness (QED) is 0.760. The van der Waals surface area contributed by atoms with Crippen molar-refractivity contribution in [3.63, 3.8) is 0 Å². The van der Waals surface area contributed by atoms with Gasteiger partial charge in [-0.2, -0.15) is 0 Å². The Bertz CT molecular complexity index is 322. The van der Waals surface area contributed by atoms with Crippen LogP contribution in [0, 0.1) is 0 Å². The van der Waals surface area contributed by atoms with Gasteiger partial charge in [0.25, 0.3) is 0 Å². The van der Waals surface area contributed by atoms with Crippen LogP contribution < -0.4 is 0 Å². The second-order valence-electron chi connectivity index (χ2n) is 4.07. The molecule has 0 amide bonds. The summed E-state index contributed by atoms with van der Waals surface area (Å²) in [6.45, 7) is -0.0368. The Kier molecular flexibility index (Phi) is 3.28. The molecule has 1 aliphatic rings. The Balaban J connectivity index is 2.08. The molecule has 0 aliphatic heterocycles. The molecule has 1 heterocycles. The van der Waals surface area contributed by atoms with E-state index in [-0.39, 0.29) is 12.7 Å². The third-order valence-corrected chi connectivity index (χ3v) is 2.96. The lowest BCUT2D eigenvalue weighted by Crippen LogP contribution is -2.18. The molecule has 4 heteroatoms. The minimum atomic E-state index is -0.151.